The molecule has 0 fully saturated rings. The predicted octanol–water partition coefficient (Wildman–Crippen LogP) is 4.94. The molecule has 6 heteroatoms. The summed E-state index contributed by atoms with van der Waals surface area (Å²) < 4.78 is 0. The molecule has 0 atom stereocenters. The first-order valence-corrected chi connectivity index (χ1v) is 9.84. The van der Waals surface area contributed by atoms with E-state index in [4.69, 9.17) is 0 Å². The Morgan fingerprint density at radius 2 is 1.66 bits per heavy atom. The molecule has 3 rings (SSSR count). The van der Waals surface area contributed by atoms with Crippen LogP contribution in [0.4, 0.5) is 22.9 Å². The molecule has 0 aliphatic heterocycles. The number of anilines is 4. The zero-order chi connectivity index (χ0) is 20.8. The Hall–Kier alpha value is -3.41. The van der Waals surface area contributed by atoms with Crippen LogP contribution in [0, 0.1) is 13.8 Å². The normalized spacial score (nSPS) is 10.5. The first-order chi connectivity index (χ1) is 14.0. The summed E-state index contributed by atoms with van der Waals surface area (Å²) in [6, 6.07) is 17.5. The maximum absolute atomic E-state index is 12.6. The van der Waals surface area contributed by atoms with E-state index >= 15 is 0 Å². The molecule has 1 amide bonds. The molecule has 1 heterocycles. The third-order valence-corrected chi connectivity index (χ3v) is 4.61. The number of hydrogen-bond donors (Lipinski definition) is 2. The molecule has 6 nitrogen and oxygen atoms in total. The molecule has 3 aromatic rings. The van der Waals surface area contributed by atoms with E-state index in [-0.39, 0.29) is 5.91 Å². The van der Waals surface area contributed by atoms with Crippen LogP contribution in [-0.4, -0.2) is 29.0 Å². The Labute approximate surface area is 172 Å². The second kappa shape index (κ2) is 9.19. The van der Waals surface area contributed by atoms with Crippen molar-refractivity contribution in [2.75, 3.05) is 28.6 Å². The molecule has 0 radical (unpaired) electrons. The van der Waals surface area contributed by atoms with Gasteiger partial charge in [0.1, 0.15) is 17.3 Å². The maximum Gasteiger partial charge on any atom is 0.274 e. The molecule has 0 bridgehead atoms. The van der Waals surface area contributed by atoms with Crippen molar-refractivity contribution >= 4 is 28.8 Å². The van der Waals surface area contributed by atoms with Crippen molar-refractivity contribution in [1.82, 2.24) is 9.97 Å². The first-order valence-electron chi connectivity index (χ1n) is 9.84. The lowest BCUT2D eigenvalue weighted by atomic mass is 10.2. The number of carbonyl (C=O) groups excluding carboxylic acids is 1. The molecule has 0 saturated heterocycles. The van der Waals surface area contributed by atoms with Crippen molar-refractivity contribution in [3.63, 3.8) is 0 Å². The Balaban J connectivity index is 1.75. The maximum atomic E-state index is 12.6. The van der Waals surface area contributed by atoms with Gasteiger partial charge in [-0.3, -0.25) is 4.79 Å². The Morgan fingerprint density at radius 3 is 2.31 bits per heavy atom. The number of nitrogens with one attached hydrogen (secondary N) is 2. The number of benzene rings is 2. The highest BCUT2D eigenvalue weighted by Crippen LogP contribution is 2.21. The van der Waals surface area contributed by atoms with E-state index in [1.165, 1.54) is 5.69 Å². The SMILES string of the molecule is CCN(CC)c1ccc(Nc2cc(C(=O)Nc3cccc(C)c3)nc(C)n2)cc1. The monoisotopic (exact) mass is 389 g/mol. The Kier molecular flexibility index (Phi) is 6.44. The minimum atomic E-state index is -0.263. The summed E-state index contributed by atoms with van der Waals surface area (Å²) in [6.45, 7) is 9.98. The largest absolute Gasteiger partial charge is 0.372 e. The van der Waals surface area contributed by atoms with Gasteiger partial charge in [0.25, 0.3) is 5.91 Å². The summed E-state index contributed by atoms with van der Waals surface area (Å²) in [5, 5.41) is 6.15. The zero-order valence-electron chi connectivity index (χ0n) is 17.4. The third kappa shape index (κ3) is 5.31. The van der Waals surface area contributed by atoms with E-state index in [2.05, 4.69) is 51.5 Å². The molecule has 0 aliphatic rings. The van der Waals surface area contributed by atoms with Gasteiger partial charge in [0.05, 0.1) is 0 Å². The lowest BCUT2D eigenvalue weighted by Crippen LogP contribution is -2.21. The molecule has 1 aromatic heterocycles. The van der Waals surface area contributed by atoms with Gasteiger partial charge in [-0.1, -0.05) is 12.1 Å². The molecule has 0 aliphatic carbocycles. The number of nitrogens with zero attached hydrogens (tertiary/aromatic N) is 3. The average Bonchev–Trinajstić information content (AvgIpc) is 2.70. The van der Waals surface area contributed by atoms with Crippen molar-refractivity contribution < 1.29 is 4.79 Å². The average molecular weight is 390 g/mol. The molecule has 0 saturated carbocycles. The third-order valence-electron chi connectivity index (χ3n) is 4.61. The first kappa shape index (κ1) is 20.3. The van der Waals surface area contributed by atoms with Gasteiger partial charge < -0.3 is 15.5 Å². The van der Waals surface area contributed by atoms with Crippen LogP contribution in [0.5, 0.6) is 0 Å². The van der Waals surface area contributed by atoms with Gasteiger partial charge in [-0.15, -0.1) is 0 Å². The highest BCUT2D eigenvalue weighted by atomic mass is 16.1. The van der Waals surface area contributed by atoms with Crippen LogP contribution in [0.15, 0.2) is 54.6 Å². The molecule has 29 heavy (non-hydrogen) atoms. The number of hydrogen-bond acceptors (Lipinski definition) is 5. The van der Waals surface area contributed by atoms with Gasteiger partial charge in [-0.25, -0.2) is 9.97 Å². The molecule has 2 aromatic carbocycles. The minimum Gasteiger partial charge on any atom is -0.372 e. The highest BCUT2D eigenvalue weighted by molar-refractivity contribution is 6.03. The molecule has 2 N–H and O–H groups in total. The quantitative estimate of drug-likeness (QED) is 0.599. The van der Waals surface area contributed by atoms with Gasteiger partial charge in [0.15, 0.2) is 0 Å². The van der Waals surface area contributed by atoms with Crippen LogP contribution in [-0.2, 0) is 0 Å². The van der Waals surface area contributed by atoms with E-state index < -0.39 is 0 Å². The summed E-state index contributed by atoms with van der Waals surface area (Å²) in [4.78, 5) is 23.6. The standard InChI is InChI=1S/C23H27N5O/c1-5-28(6-2)20-12-10-18(11-13-20)26-22-15-21(24-17(4)25-22)23(29)27-19-9-7-8-16(3)14-19/h7-15H,5-6H2,1-4H3,(H,27,29)(H,24,25,26). The van der Waals surface area contributed by atoms with Gasteiger partial charge in [0, 0.05) is 36.2 Å². The Morgan fingerprint density at radius 1 is 0.931 bits per heavy atom. The van der Waals surface area contributed by atoms with Crippen LogP contribution >= 0.6 is 0 Å². The van der Waals surface area contributed by atoms with Crippen LogP contribution in [0.2, 0.25) is 0 Å². The van der Waals surface area contributed by atoms with E-state index in [1.807, 2.05) is 43.3 Å². The van der Waals surface area contributed by atoms with E-state index in [0.717, 1.165) is 30.0 Å². The van der Waals surface area contributed by atoms with E-state index in [0.29, 0.717) is 17.3 Å². The summed E-state index contributed by atoms with van der Waals surface area (Å²) in [5.41, 5.74) is 4.23. The minimum absolute atomic E-state index is 0.263. The van der Waals surface area contributed by atoms with Crippen LogP contribution in [0.1, 0.15) is 35.7 Å². The summed E-state index contributed by atoms with van der Waals surface area (Å²) >= 11 is 0. The van der Waals surface area contributed by atoms with Gasteiger partial charge in [-0.2, -0.15) is 0 Å². The molecular weight excluding hydrogens is 362 g/mol. The topological polar surface area (TPSA) is 70.2 Å². The van der Waals surface area contributed by atoms with Crippen molar-refractivity contribution in [2.24, 2.45) is 0 Å². The fourth-order valence-electron chi connectivity index (χ4n) is 3.16. The molecule has 150 valence electrons. The van der Waals surface area contributed by atoms with Gasteiger partial charge in [0.2, 0.25) is 0 Å². The number of rotatable bonds is 7. The molecular formula is C23H27N5O. The van der Waals surface area contributed by atoms with Crippen molar-refractivity contribution in [1.29, 1.82) is 0 Å². The van der Waals surface area contributed by atoms with Crippen molar-refractivity contribution in [3.05, 3.63) is 71.7 Å². The summed E-state index contributed by atoms with van der Waals surface area (Å²) in [5.74, 6) is 0.854. The van der Waals surface area contributed by atoms with Crippen molar-refractivity contribution in [2.45, 2.75) is 27.7 Å². The van der Waals surface area contributed by atoms with Crippen molar-refractivity contribution in [3.8, 4) is 0 Å². The fourth-order valence-corrected chi connectivity index (χ4v) is 3.16. The Bertz CT molecular complexity index is 981. The summed E-state index contributed by atoms with van der Waals surface area (Å²) in [6.07, 6.45) is 0. The molecule has 0 spiro atoms. The van der Waals surface area contributed by atoms with Crippen LogP contribution in [0.3, 0.4) is 0 Å². The highest BCUT2D eigenvalue weighted by Gasteiger charge is 2.11. The smallest absolute Gasteiger partial charge is 0.274 e. The summed E-state index contributed by atoms with van der Waals surface area (Å²) in [7, 11) is 0. The van der Waals surface area contributed by atoms with Gasteiger partial charge in [-0.05, 0) is 69.7 Å². The number of amides is 1. The number of carbonyl (C=O) groups is 1. The zero-order valence-corrected chi connectivity index (χ0v) is 17.4. The second-order valence-electron chi connectivity index (χ2n) is 6.85. The number of aryl methyl sites for hydroxylation is 2. The van der Waals surface area contributed by atoms with Crippen LogP contribution in [0.25, 0.3) is 0 Å². The lowest BCUT2D eigenvalue weighted by Gasteiger charge is -2.21. The number of aromatic nitrogens is 2. The van der Waals surface area contributed by atoms with E-state index in [9.17, 15) is 4.79 Å². The molecule has 0 unspecified atom stereocenters. The predicted molar refractivity (Wildman–Crippen MR) is 119 cm³/mol. The van der Waals surface area contributed by atoms with E-state index in [1.54, 1.807) is 13.0 Å². The van der Waals surface area contributed by atoms with Crippen LogP contribution < -0.4 is 15.5 Å². The second-order valence-corrected chi connectivity index (χ2v) is 6.85. The fraction of sp³-hybridized carbons (Fsp3) is 0.261. The lowest BCUT2D eigenvalue weighted by molar-refractivity contribution is 0.102. The van der Waals surface area contributed by atoms with Gasteiger partial charge >= 0.3 is 0 Å².